The molecule has 1 unspecified atom stereocenters. The van der Waals surface area contributed by atoms with Gasteiger partial charge in [-0.2, -0.15) is 0 Å². The maximum atomic E-state index is 13.2. The first kappa shape index (κ1) is 24.1. The van der Waals surface area contributed by atoms with Crippen LogP contribution in [0, 0.1) is 19.8 Å². The van der Waals surface area contributed by atoms with E-state index in [1.165, 1.54) is 0 Å². The molecule has 0 bridgehead atoms. The predicted molar refractivity (Wildman–Crippen MR) is 137 cm³/mol. The van der Waals surface area contributed by atoms with E-state index in [0.29, 0.717) is 23.7 Å². The van der Waals surface area contributed by atoms with Gasteiger partial charge in [0, 0.05) is 43.3 Å². The fourth-order valence-electron chi connectivity index (χ4n) is 4.60. The zero-order valence-corrected chi connectivity index (χ0v) is 20.4. The maximum absolute atomic E-state index is 13.2. The molecule has 0 spiro atoms. The Labute approximate surface area is 202 Å². The van der Waals surface area contributed by atoms with E-state index in [0.717, 1.165) is 67.9 Å². The van der Waals surface area contributed by atoms with E-state index in [2.05, 4.69) is 27.8 Å². The minimum atomic E-state index is -0.334. The van der Waals surface area contributed by atoms with E-state index in [-0.39, 0.29) is 18.0 Å². The number of hydrogen-bond donors (Lipinski definition) is 3. The molecule has 3 amide bonds. The number of benzene rings is 2. The van der Waals surface area contributed by atoms with E-state index < -0.39 is 0 Å². The van der Waals surface area contributed by atoms with Gasteiger partial charge in [-0.25, -0.2) is 4.79 Å². The number of amides is 3. The van der Waals surface area contributed by atoms with Gasteiger partial charge in [0.25, 0.3) is 5.91 Å². The average Bonchev–Trinajstić information content (AvgIpc) is 3.35. The average molecular weight is 465 g/mol. The highest BCUT2D eigenvalue weighted by atomic mass is 16.5. The number of carbonyl (C=O) groups is 2. The first-order valence-electron chi connectivity index (χ1n) is 12.3. The maximum Gasteiger partial charge on any atom is 0.323 e. The summed E-state index contributed by atoms with van der Waals surface area (Å²) in [6, 6.07) is 11.1. The Morgan fingerprint density at radius 3 is 2.59 bits per heavy atom. The highest BCUT2D eigenvalue weighted by molar-refractivity contribution is 6.04. The summed E-state index contributed by atoms with van der Waals surface area (Å²) in [6.45, 7) is 9.37. The van der Waals surface area contributed by atoms with Crippen molar-refractivity contribution >= 4 is 29.0 Å². The fourth-order valence-corrected chi connectivity index (χ4v) is 4.60. The van der Waals surface area contributed by atoms with Crippen LogP contribution in [0.15, 0.2) is 36.4 Å². The molecule has 0 radical (unpaired) electrons. The van der Waals surface area contributed by atoms with Crippen molar-refractivity contribution in [2.24, 2.45) is 5.92 Å². The standard InChI is InChI=1S/C27H36N4O3/c1-18-11-13-31(14-12-18)25-10-9-21(16-23(25)26(32)28-17-22-7-5-15-34-22)29-27(33)30-24-8-4-6-19(2)20(24)3/h4,6,8-10,16,18,22H,5,7,11-15,17H2,1-3H3,(H,28,32)(H2,29,30,33). The molecule has 7 heteroatoms. The summed E-state index contributed by atoms with van der Waals surface area (Å²) in [5.74, 6) is 0.561. The number of nitrogens with one attached hydrogen (secondary N) is 3. The first-order chi connectivity index (χ1) is 16.4. The summed E-state index contributed by atoms with van der Waals surface area (Å²) in [5.41, 5.74) is 4.99. The Balaban J connectivity index is 1.50. The molecule has 182 valence electrons. The molecular weight excluding hydrogens is 428 g/mol. The van der Waals surface area contributed by atoms with Crippen LogP contribution in [0.25, 0.3) is 0 Å². The molecule has 2 fully saturated rings. The molecule has 2 aromatic rings. The fraction of sp³-hybridized carbons (Fsp3) is 0.481. The molecule has 2 aliphatic rings. The number of hydrogen-bond acceptors (Lipinski definition) is 4. The van der Waals surface area contributed by atoms with Crippen molar-refractivity contribution in [1.82, 2.24) is 5.32 Å². The van der Waals surface area contributed by atoms with E-state index in [9.17, 15) is 9.59 Å². The minimum Gasteiger partial charge on any atom is -0.376 e. The van der Waals surface area contributed by atoms with Crippen LogP contribution in [0.5, 0.6) is 0 Å². The van der Waals surface area contributed by atoms with Gasteiger partial charge >= 0.3 is 6.03 Å². The lowest BCUT2D eigenvalue weighted by Gasteiger charge is -2.33. The highest BCUT2D eigenvalue weighted by Gasteiger charge is 2.23. The zero-order chi connectivity index (χ0) is 24.1. The number of aryl methyl sites for hydroxylation is 1. The molecule has 34 heavy (non-hydrogen) atoms. The Morgan fingerprint density at radius 1 is 1.06 bits per heavy atom. The lowest BCUT2D eigenvalue weighted by molar-refractivity contribution is 0.0858. The van der Waals surface area contributed by atoms with Crippen molar-refractivity contribution in [3.63, 3.8) is 0 Å². The van der Waals surface area contributed by atoms with Crippen molar-refractivity contribution in [2.45, 2.75) is 52.6 Å². The molecule has 7 nitrogen and oxygen atoms in total. The van der Waals surface area contributed by atoms with Gasteiger partial charge in [-0.15, -0.1) is 0 Å². The van der Waals surface area contributed by atoms with Gasteiger partial charge in [-0.1, -0.05) is 19.1 Å². The van der Waals surface area contributed by atoms with Crippen molar-refractivity contribution < 1.29 is 14.3 Å². The van der Waals surface area contributed by atoms with Crippen LogP contribution < -0.4 is 20.9 Å². The van der Waals surface area contributed by atoms with Crippen LogP contribution in [0.2, 0.25) is 0 Å². The zero-order valence-electron chi connectivity index (χ0n) is 20.4. The van der Waals surface area contributed by atoms with Crippen molar-refractivity contribution in [3.8, 4) is 0 Å². The molecule has 2 aromatic carbocycles. The summed E-state index contributed by atoms with van der Waals surface area (Å²) >= 11 is 0. The van der Waals surface area contributed by atoms with Gasteiger partial charge in [0.2, 0.25) is 0 Å². The number of rotatable bonds is 6. The molecule has 0 aromatic heterocycles. The predicted octanol–water partition coefficient (Wildman–Crippen LogP) is 5.09. The Hall–Kier alpha value is -3.06. The Bertz CT molecular complexity index is 1020. The highest BCUT2D eigenvalue weighted by Crippen LogP contribution is 2.29. The van der Waals surface area contributed by atoms with E-state index >= 15 is 0 Å². The third-order valence-electron chi connectivity index (χ3n) is 6.99. The monoisotopic (exact) mass is 464 g/mol. The molecule has 2 aliphatic heterocycles. The third kappa shape index (κ3) is 5.89. The van der Waals surface area contributed by atoms with Crippen LogP contribution in [0.4, 0.5) is 21.9 Å². The summed E-state index contributed by atoms with van der Waals surface area (Å²) in [7, 11) is 0. The van der Waals surface area contributed by atoms with Gasteiger partial charge in [-0.3, -0.25) is 4.79 Å². The summed E-state index contributed by atoms with van der Waals surface area (Å²) in [6.07, 6.45) is 4.29. The molecule has 1 atom stereocenters. The number of urea groups is 1. The first-order valence-corrected chi connectivity index (χ1v) is 12.3. The Kier molecular flexibility index (Phi) is 7.73. The van der Waals surface area contributed by atoms with Gasteiger partial charge < -0.3 is 25.6 Å². The second-order valence-electron chi connectivity index (χ2n) is 9.57. The number of piperidine rings is 1. The van der Waals surface area contributed by atoms with Crippen molar-refractivity contribution in [1.29, 1.82) is 0 Å². The molecule has 2 heterocycles. The number of nitrogens with zero attached hydrogens (tertiary/aromatic N) is 1. The van der Waals surface area contributed by atoms with Crippen LogP contribution in [-0.4, -0.2) is 44.3 Å². The second-order valence-corrected chi connectivity index (χ2v) is 9.57. The van der Waals surface area contributed by atoms with E-state index in [4.69, 9.17) is 4.74 Å². The molecule has 0 aliphatic carbocycles. The topological polar surface area (TPSA) is 82.7 Å². The van der Waals surface area contributed by atoms with Crippen LogP contribution in [0.1, 0.15) is 54.1 Å². The smallest absolute Gasteiger partial charge is 0.323 e. The van der Waals surface area contributed by atoms with E-state index in [1.54, 1.807) is 6.07 Å². The minimum absolute atomic E-state index is 0.0768. The molecule has 3 N–H and O–H groups in total. The van der Waals surface area contributed by atoms with Crippen molar-refractivity contribution in [2.75, 3.05) is 41.8 Å². The van der Waals surface area contributed by atoms with Crippen LogP contribution in [-0.2, 0) is 4.74 Å². The quantitative estimate of drug-likeness (QED) is 0.556. The Morgan fingerprint density at radius 2 is 1.85 bits per heavy atom. The second kappa shape index (κ2) is 10.9. The van der Waals surface area contributed by atoms with E-state index in [1.807, 2.05) is 44.2 Å². The van der Waals surface area contributed by atoms with Gasteiger partial charge in [0.1, 0.15) is 0 Å². The number of anilines is 3. The normalized spacial score (nSPS) is 18.6. The van der Waals surface area contributed by atoms with Crippen LogP contribution in [0.3, 0.4) is 0 Å². The molecule has 4 rings (SSSR count). The van der Waals surface area contributed by atoms with Gasteiger partial charge in [-0.05, 0) is 80.8 Å². The van der Waals surface area contributed by atoms with Crippen molar-refractivity contribution in [3.05, 3.63) is 53.1 Å². The van der Waals surface area contributed by atoms with Gasteiger partial charge in [0.05, 0.1) is 11.7 Å². The molecule has 2 saturated heterocycles. The third-order valence-corrected chi connectivity index (χ3v) is 6.99. The SMILES string of the molecule is Cc1cccc(NC(=O)Nc2ccc(N3CCC(C)CC3)c(C(=O)NCC3CCCO3)c2)c1C. The number of ether oxygens (including phenoxy) is 1. The summed E-state index contributed by atoms with van der Waals surface area (Å²) < 4.78 is 5.66. The number of carbonyl (C=O) groups excluding carboxylic acids is 2. The summed E-state index contributed by atoms with van der Waals surface area (Å²) in [5, 5.41) is 8.85. The van der Waals surface area contributed by atoms with Crippen LogP contribution >= 0.6 is 0 Å². The summed E-state index contributed by atoms with van der Waals surface area (Å²) in [4.78, 5) is 28.2. The lowest BCUT2D eigenvalue weighted by atomic mass is 9.97. The lowest BCUT2D eigenvalue weighted by Crippen LogP contribution is -2.36. The largest absolute Gasteiger partial charge is 0.376 e. The molecular formula is C27H36N4O3. The molecule has 0 saturated carbocycles. The van der Waals surface area contributed by atoms with Gasteiger partial charge in [0.15, 0.2) is 0 Å².